The Hall–Kier alpha value is -1.42. The zero-order valence-corrected chi connectivity index (χ0v) is 14.8. The van der Waals surface area contributed by atoms with Crippen LogP contribution in [-0.2, 0) is 14.6 Å². The Bertz CT molecular complexity index is 722. The van der Waals surface area contributed by atoms with E-state index in [4.69, 9.17) is 0 Å². The zero-order valence-electron chi connectivity index (χ0n) is 13.9. The van der Waals surface area contributed by atoms with Gasteiger partial charge in [-0.15, -0.1) is 0 Å². The smallest absolute Gasteiger partial charge is 0.182 e. The SMILES string of the molecule is CC1=C(CS(=O)(=O)c2ccc(C)cc2)C(C)(C)CC(C)C1=O. The fraction of sp³-hybridized carbons (Fsp3) is 0.500. The fourth-order valence-corrected chi connectivity index (χ4v) is 5.03. The lowest BCUT2D eigenvalue weighted by Crippen LogP contribution is -2.34. The quantitative estimate of drug-likeness (QED) is 0.853. The normalized spacial score (nSPS) is 22.0. The maximum absolute atomic E-state index is 12.7. The van der Waals surface area contributed by atoms with Crippen LogP contribution >= 0.6 is 0 Å². The largest absolute Gasteiger partial charge is 0.294 e. The third-order valence-electron chi connectivity index (χ3n) is 4.62. The van der Waals surface area contributed by atoms with Gasteiger partial charge in [0.05, 0.1) is 10.6 Å². The molecule has 120 valence electrons. The van der Waals surface area contributed by atoms with Crippen LogP contribution in [0, 0.1) is 18.3 Å². The summed E-state index contributed by atoms with van der Waals surface area (Å²) in [5.74, 6) is -0.0397. The molecule has 1 atom stereocenters. The van der Waals surface area contributed by atoms with Crippen molar-refractivity contribution in [2.75, 3.05) is 5.75 Å². The van der Waals surface area contributed by atoms with Crippen LogP contribution in [0.1, 0.15) is 39.7 Å². The van der Waals surface area contributed by atoms with E-state index in [2.05, 4.69) is 0 Å². The maximum atomic E-state index is 12.7. The molecule has 0 N–H and O–H groups in total. The van der Waals surface area contributed by atoms with Crippen molar-refractivity contribution in [3.8, 4) is 0 Å². The summed E-state index contributed by atoms with van der Waals surface area (Å²) in [5.41, 5.74) is 2.14. The van der Waals surface area contributed by atoms with E-state index in [0.29, 0.717) is 16.9 Å². The van der Waals surface area contributed by atoms with Crippen LogP contribution in [0.3, 0.4) is 0 Å². The van der Waals surface area contributed by atoms with Gasteiger partial charge < -0.3 is 0 Å². The Morgan fingerprint density at radius 3 is 2.23 bits per heavy atom. The lowest BCUT2D eigenvalue weighted by molar-refractivity contribution is -0.120. The highest BCUT2D eigenvalue weighted by Gasteiger charge is 2.38. The zero-order chi connectivity index (χ0) is 16.7. The van der Waals surface area contributed by atoms with Gasteiger partial charge in [-0.3, -0.25) is 4.79 Å². The number of benzene rings is 1. The first-order valence-electron chi connectivity index (χ1n) is 7.58. The van der Waals surface area contributed by atoms with E-state index in [1.54, 1.807) is 31.2 Å². The summed E-state index contributed by atoms with van der Waals surface area (Å²) in [7, 11) is -3.43. The highest BCUT2D eigenvalue weighted by atomic mass is 32.2. The molecular weight excluding hydrogens is 296 g/mol. The van der Waals surface area contributed by atoms with Crippen molar-refractivity contribution in [1.29, 1.82) is 0 Å². The van der Waals surface area contributed by atoms with E-state index in [1.165, 1.54) is 0 Å². The summed E-state index contributed by atoms with van der Waals surface area (Å²) in [4.78, 5) is 12.6. The number of aryl methyl sites for hydroxylation is 1. The molecule has 0 saturated carbocycles. The minimum absolute atomic E-state index is 0.0409. The van der Waals surface area contributed by atoms with E-state index in [-0.39, 0.29) is 22.9 Å². The summed E-state index contributed by atoms with van der Waals surface area (Å²) < 4.78 is 25.4. The van der Waals surface area contributed by atoms with Gasteiger partial charge in [0.1, 0.15) is 0 Å². The number of carbonyl (C=O) groups excluding carboxylic acids is 1. The first-order chi connectivity index (χ1) is 10.0. The van der Waals surface area contributed by atoms with Crippen molar-refractivity contribution >= 4 is 15.6 Å². The Kier molecular flexibility index (Phi) is 4.35. The molecule has 0 radical (unpaired) electrons. The summed E-state index contributed by atoms with van der Waals surface area (Å²) in [6.07, 6.45) is 0.696. The Morgan fingerprint density at radius 1 is 1.14 bits per heavy atom. The Labute approximate surface area is 133 Å². The van der Waals surface area contributed by atoms with Crippen molar-refractivity contribution in [2.45, 2.75) is 45.9 Å². The van der Waals surface area contributed by atoms with E-state index in [1.807, 2.05) is 27.7 Å². The molecule has 1 aliphatic rings. The Morgan fingerprint density at radius 2 is 1.68 bits per heavy atom. The molecule has 1 aromatic rings. The topological polar surface area (TPSA) is 51.2 Å². The molecule has 0 aromatic heterocycles. The second-order valence-electron chi connectivity index (χ2n) is 7.03. The number of allylic oxidation sites excluding steroid dienone is 1. The maximum Gasteiger partial charge on any atom is 0.182 e. The van der Waals surface area contributed by atoms with E-state index in [0.717, 1.165) is 11.1 Å². The molecule has 1 aromatic carbocycles. The molecule has 0 aliphatic heterocycles. The molecular formula is C18H24O3S. The van der Waals surface area contributed by atoms with E-state index < -0.39 is 9.84 Å². The van der Waals surface area contributed by atoms with Gasteiger partial charge in [0.25, 0.3) is 0 Å². The summed E-state index contributed by atoms with van der Waals surface area (Å²) in [6, 6.07) is 6.88. The molecule has 0 saturated heterocycles. The molecule has 2 rings (SSSR count). The van der Waals surface area contributed by atoms with E-state index >= 15 is 0 Å². The van der Waals surface area contributed by atoms with Crippen LogP contribution in [0.25, 0.3) is 0 Å². The number of carbonyl (C=O) groups is 1. The van der Waals surface area contributed by atoms with Gasteiger partial charge in [0.15, 0.2) is 15.6 Å². The van der Waals surface area contributed by atoms with Crippen molar-refractivity contribution < 1.29 is 13.2 Å². The molecule has 1 unspecified atom stereocenters. The molecule has 0 amide bonds. The number of ketones is 1. The summed E-state index contributed by atoms with van der Waals surface area (Å²) >= 11 is 0. The molecule has 4 heteroatoms. The van der Waals surface area contributed by atoms with Gasteiger partial charge in [0.2, 0.25) is 0 Å². The van der Waals surface area contributed by atoms with Crippen LogP contribution in [0.4, 0.5) is 0 Å². The molecule has 0 fully saturated rings. The lowest BCUT2D eigenvalue weighted by atomic mass is 9.69. The number of hydrogen-bond acceptors (Lipinski definition) is 3. The van der Waals surface area contributed by atoms with E-state index in [9.17, 15) is 13.2 Å². The predicted molar refractivity (Wildman–Crippen MR) is 88.5 cm³/mol. The second-order valence-corrected chi connectivity index (χ2v) is 9.02. The highest BCUT2D eigenvalue weighted by Crippen LogP contribution is 2.42. The average Bonchev–Trinajstić information content (AvgIpc) is 2.41. The third kappa shape index (κ3) is 3.17. The lowest BCUT2D eigenvalue weighted by Gasteiger charge is -2.36. The van der Waals surface area contributed by atoms with Gasteiger partial charge >= 0.3 is 0 Å². The number of sulfone groups is 1. The molecule has 3 nitrogen and oxygen atoms in total. The van der Waals surface area contributed by atoms with Crippen molar-refractivity contribution in [1.82, 2.24) is 0 Å². The monoisotopic (exact) mass is 320 g/mol. The Balaban J connectivity index is 2.43. The standard InChI is InChI=1S/C18H24O3S/c1-12-6-8-15(9-7-12)22(20,21)11-16-14(3)17(19)13(2)10-18(16,4)5/h6-9,13H,10-11H2,1-5H3. The summed E-state index contributed by atoms with van der Waals surface area (Å²) in [5, 5.41) is 0. The van der Waals surface area contributed by atoms with Crippen LogP contribution in [-0.4, -0.2) is 20.0 Å². The van der Waals surface area contributed by atoms with Crippen LogP contribution in [0.2, 0.25) is 0 Å². The van der Waals surface area contributed by atoms with Gasteiger partial charge in [0, 0.05) is 5.92 Å². The molecule has 0 heterocycles. The first kappa shape index (κ1) is 16.9. The number of rotatable bonds is 3. The van der Waals surface area contributed by atoms with Gasteiger partial charge in [-0.25, -0.2) is 8.42 Å². The van der Waals surface area contributed by atoms with Gasteiger partial charge in [-0.05, 0) is 49.0 Å². The first-order valence-corrected chi connectivity index (χ1v) is 9.24. The second kappa shape index (κ2) is 5.65. The van der Waals surface area contributed by atoms with Crippen LogP contribution in [0.15, 0.2) is 40.3 Å². The number of hydrogen-bond donors (Lipinski definition) is 0. The van der Waals surface area contributed by atoms with Gasteiger partial charge in [-0.1, -0.05) is 38.5 Å². The molecule has 0 bridgehead atoms. The summed E-state index contributed by atoms with van der Waals surface area (Å²) in [6.45, 7) is 9.66. The third-order valence-corrected chi connectivity index (χ3v) is 6.28. The number of Topliss-reactive ketones (excluding diaryl/α,β-unsaturated/α-hetero) is 1. The van der Waals surface area contributed by atoms with Crippen molar-refractivity contribution in [2.24, 2.45) is 11.3 Å². The van der Waals surface area contributed by atoms with Crippen molar-refractivity contribution in [3.63, 3.8) is 0 Å². The van der Waals surface area contributed by atoms with Gasteiger partial charge in [-0.2, -0.15) is 0 Å². The molecule has 1 aliphatic carbocycles. The molecule has 0 spiro atoms. The average molecular weight is 320 g/mol. The van der Waals surface area contributed by atoms with Crippen LogP contribution in [0.5, 0.6) is 0 Å². The van der Waals surface area contributed by atoms with Crippen LogP contribution < -0.4 is 0 Å². The highest BCUT2D eigenvalue weighted by molar-refractivity contribution is 7.91. The fourth-order valence-electron chi connectivity index (χ4n) is 3.33. The minimum Gasteiger partial charge on any atom is -0.294 e. The van der Waals surface area contributed by atoms with Crippen molar-refractivity contribution in [3.05, 3.63) is 41.0 Å². The minimum atomic E-state index is -3.43. The predicted octanol–water partition coefficient (Wildman–Crippen LogP) is 3.72. The molecule has 22 heavy (non-hydrogen) atoms.